The number of hydrogen-bond acceptors (Lipinski definition) is 5. The van der Waals surface area contributed by atoms with E-state index in [2.05, 4.69) is 0 Å². The molecule has 1 heterocycles. The van der Waals surface area contributed by atoms with Crippen molar-refractivity contribution in [3.63, 3.8) is 0 Å². The van der Waals surface area contributed by atoms with Gasteiger partial charge in [-0.05, 0) is 25.1 Å². The second kappa shape index (κ2) is 5.75. The normalized spacial score (nSPS) is 12.2. The number of rotatable bonds is 5. The fourth-order valence-electron chi connectivity index (χ4n) is 1.92. The van der Waals surface area contributed by atoms with Crippen molar-refractivity contribution in [3.8, 4) is 17.1 Å². The molecule has 0 radical (unpaired) electrons. The van der Waals surface area contributed by atoms with Crippen molar-refractivity contribution >= 4 is 5.69 Å². The lowest BCUT2D eigenvalue weighted by atomic mass is 10.1. The van der Waals surface area contributed by atoms with Crippen LogP contribution in [0.1, 0.15) is 12.7 Å². The van der Waals surface area contributed by atoms with E-state index in [0.717, 1.165) is 0 Å². The topological polar surface area (TPSA) is 85.7 Å². The Morgan fingerprint density at radius 1 is 1.40 bits per heavy atom. The molecule has 1 N–H and O–H groups in total. The number of aliphatic hydroxyl groups excluding tert-OH is 1. The fourth-order valence-corrected chi connectivity index (χ4v) is 1.92. The highest BCUT2D eigenvalue weighted by Gasteiger charge is 2.15. The van der Waals surface area contributed by atoms with Gasteiger partial charge in [-0.1, -0.05) is 0 Å². The summed E-state index contributed by atoms with van der Waals surface area (Å²) in [5.41, 5.74) is 0.594. The summed E-state index contributed by atoms with van der Waals surface area (Å²) in [7, 11) is 1.45. The molecule has 2 aromatic rings. The Morgan fingerprint density at radius 2 is 2.15 bits per heavy atom. The van der Waals surface area contributed by atoms with Crippen molar-refractivity contribution in [2.24, 2.45) is 0 Å². The SMILES string of the molecule is COc1cc([N+](=O)[O-])ccc1-c1ccc(CC(C)O)o1. The lowest BCUT2D eigenvalue weighted by Gasteiger charge is -2.06. The average molecular weight is 277 g/mol. The minimum Gasteiger partial charge on any atom is -0.496 e. The van der Waals surface area contributed by atoms with Crippen LogP contribution in [0.5, 0.6) is 5.75 Å². The number of furan rings is 1. The Kier molecular flexibility index (Phi) is 4.05. The zero-order chi connectivity index (χ0) is 14.7. The van der Waals surface area contributed by atoms with Gasteiger partial charge >= 0.3 is 0 Å². The molecular weight excluding hydrogens is 262 g/mol. The predicted molar refractivity (Wildman–Crippen MR) is 72.7 cm³/mol. The third kappa shape index (κ3) is 2.97. The van der Waals surface area contributed by atoms with Gasteiger partial charge in [0.05, 0.1) is 29.8 Å². The molecule has 0 spiro atoms. The molecule has 0 aliphatic carbocycles. The largest absolute Gasteiger partial charge is 0.496 e. The molecule has 20 heavy (non-hydrogen) atoms. The Morgan fingerprint density at radius 3 is 2.75 bits per heavy atom. The number of nitro benzene ring substituents is 1. The van der Waals surface area contributed by atoms with E-state index in [4.69, 9.17) is 9.15 Å². The lowest BCUT2D eigenvalue weighted by molar-refractivity contribution is -0.384. The van der Waals surface area contributed by atoms with E-state index in [1.54, 1.807) is 25.1 Å². The molecule has 0 saturated heterocycles. The minimum atomic E-state index is -0.493. The maximum Gasteiger partial charge on any atom is 0.273 e. The van der Waals surface area contributed by atoms with Gasteiger partial charge in [-0.25, -0.2) is 0 Å². The molecule has 0 saturated carbocycles. The smallest absolute Gasteiger partial charge is 0.273 e. The van der Waals surface area contributed by atoms with Crippen LogP contribution >= 0.6 is 0 Å². The quantitative estimate of drug-likeness (QED) is 0.670. The van der Waals surface area contributed by atoms with Crippen molar-refractivity contribution < 1.29 is 19.2 Å². The van der Waals surface area contributed by atoms with Crippen LogP contribution < -0.4 is 4.74 Å². The Bertz CT molecular complexity index is 618. The molecule has 1 unspecified atom stereocenters. The number of benzene rings is 1. The monoisotopic (exact) mass is 277 g/mol. The Balaban J connectivity index is 2.36. The summed E-state index contributed by atoms with van der Waals surface area (Å²) in [5, 5.41) is 20.1. The van der Waals surface area contributed by atoms with Gasteiger partial charge < -0.3 is 14.3 Å². The second-order valence-electron chi connectivity index (χ2n) is 4.46. The molecule has 0 bridgehead atoms. The van der Waals surface area contributed by atoms with E-state index in [-0.39, 0.29) is 5.69 Å². The van der Waals surface area contributed by atoms with Gasteiger partial charge in [-0.2, -0.15) is 0 Å². The van der Waals surface area contributed by atoms with Crippen molar-refractivity contribution in [1.29, 1.82) is 0 Å². The van der Waals surface area contributed by atoms with E-state index in [9.17, 15) is 15.2 Å². The number of hydrogen-bond donors (Lipinski definition) is 1. The number of nitro groups is 1. The maximum atomic E-state index is 10.7. The first-order valence-corrected chi connectivity index (χ1v) is 6.11. The molecule has 106 valence electrons. The van der Waals surface area contributed by atoms with Gasteiger partial charge in [0.15, 0.2) is 0 Å². The van der Waals surface area contributed by atoms with Crippen LogP contribution in [0.25, 0.3) is 11.3 Å². The second-order valence-corrected chi connectivity index (χ2v) is 4.46. The summed E-state index contributed by atoms with van der Waals surface area (Å²) in [4.78, 5) is 10.3. The van der Waals surface area contributed by atoms with Crippen molar-refractivity contribution in [3.05, 3.63) is 46.2 Å². The Hall–Kier alpha value is -2.34. The number of aliphatic hydroxyl groups is 1. The van der Waals surface area contributed by atoms with Crippen LogP contribution in [0.2, 0.25) is 0 Å². The van der Waals surface area contributed by atoms with Crippen LogP contribution in [-0.2, 0) is 6.42 Å². The molecule has 6 heteroatoms. The zero-order valence-corrected chi connectivity index (χ0v) is 11.2. The number of methoxy groups -OCH3 is 1. The highest BCUT2D eigenvalue weighted by molar-refractivity contribution is 5.68. The predicted octanol–water partition coefficient (Wildman–Crippen LogP) is 2.79. The first-order chi connectivity index (χ1) is 9.51. The fraction of sp³-hybridized carbons (Fsp3) is 0.286. The van der Waals surface area contributed by atoms with Crippen LogP contribution in [0.15, 0.2) is 34.7 Å². The first kappa shape index (κ1) is 14.1. The lowest BCUT2D eigenvalue weighted by Crippen LogP contribution is -2.02. The highest BCUT2D eigenvalue weighted by atomic mass is 16.6. The molecular formula is C14H15NO5. The summed E-state index contributed by atoms with van der Waals surface area (Å²) in [6.07, 6.45) is -0.0808. The third-order valence-corrected chi connectivity index (χ3v) is 2.82. The maximum absolute atomic E-state index is 10.7. The van der Waals surface area contributed by atoms with E-state index >= 15 is 0 Å². The van der Waals surface area contributed by atoms with Gasteiger partial charge in [0.2, 0.25) is 0 Å². The molecule has 1 aromatic carbocycles. The molecule has 6 nitrogen and oxygen atoms in total. The molecule has 1 aromatic heterocycles. The molecule has 2 rings (SSSR count). The van der Waals surface area contributed by atoms with Gasteiger partial charge in [-0.15, -0.1) is 0 Å². The van der Waals surface area contributed by atoms with Gasteiger partial charge in [0.25, 0.3) is 5.69 Å². The van der Waals surface area contributed by atoms with Gasteiger partial charge in [0, 0.05) is 12.5 Å². The average Bonchev–Trinajstić information content (AvgIpc) is 2.85. The number of nitrogens with zero attached hydrogens (tertiary/aromatic N) is 1. The van der Waals surface area contributed by atoms with Crippen molar-refractivity contribution in [2.75, 3.05) is 7.11 Å². The number of non-ortho nitro benzene ring substituents is 1. The molecule has 1 atom stereocenters. The third-order valence-electron chi connectivity index (χ3n) is 2.82. The summed E-state index contributed by atoms with van der Waals surface area (Å²) >= 11 is 0. The molecule has 0 aliphatic heterocycles. The molecule has 0 fully saturated rings. The van der Waals surface area contributed by atoms with Crippen LogP contribution in [-0.4, -0.2) is 23.2 Å². The standard InChI is InChI=1S/C14H15NO5/c1-9(16)7-11-4-6-13(20-11)12-5-3-10(15(17)18)8-14(12)19-2/h3-6,8-9,16H,7H2,1-2H3. The summed E-state index contributed by atoms with van der Waals surface area (Å²) < 4.78 is 10.8. The van der Waals surface area contributed by atoms with Gasteiger partial charge in [-0.3, -0.25) is 10.1 Å². The summed E-state index contributed by atoms with van der Waals surface area (Å²) in [6, 6.07) is 7.85. The van der Waals surface area contributed by atoms with Crippen molar-refractivity contribution in [2.45, 2.75) is 19.4 Å². The molecule has 0 amide bonds. The van der Waals surface area contributed by atoms with Crippen LogP contribution in [0.4, 0.5) is 5.69 Å². The van der Waals surface area contributed by atoms with E-state index < -0.39 is 11.0 Å². The molecule has 0 aliphatic rings. The van der Waals surface area contributed by atoms with Crippen LogP contribution in [0.3, 0.4) is 0 Å². The zero-order valence-electron chi connectivity index (χ0n) is 11.2. The van der Waals surface area contributed by atoms with E-state index in [1.165, 1.54) is 19.2 Å². The Labute approximate surface area is 115 Å². The van der Waals surface area contributed by atoms with Gasteiger partial charge in [0.1, 0.15) is 17.3 Å². The van der Waals surface area contributed by atoms with E-state index in [1.807, 2.05) is 0 Å². The summed E-state index contributed by atoms with van der Waals surface area (Å²) in [5.74, 6) is 1.57. The van der Waals surface area contributed by atoms with Crippen molar-refractivity contribution in [1.82, 2.24) is 0 Å². The van der Waals surface area contributed by atoms with E-state index in [0.29, 0.717) is 29.3 Å². The summed E-state index contributed by atoms with van der Waals surface area (Å²) in [6.45, 7) is 1.68. The minimum absolute atomic E-state index is 0.0404. The first-order valence-electron chi connectivity index (χ1n) is 6.11. The van der Waals surface area contributed by atoms with Crippen LogP contribution in [0, 0.1) is 10.1 Å². The highest BCUT2D eigenvalue weighted by Crippen LogP contribution is 2.34. The number of ether oxygens (including phenoxy) is 1.